The molecule has 0 aliphatic carbocycles. The molecule has 2 aromatic carbocycles. The van der Waals surface area contributed by atoms with Gasteiger partial charge in [-0.3, -0.25) is 9.59 Å². The van der Waals surface area contributed by atoms with Crippen LogP contribution < -0.4 is 15.2 Å². The first-order valence-electron chi connectivity index (χ1n) is 7.20. The standard InChI is InChI=1S/C18H14BrNO4/c1-10-14(23-9-16(20)21)6-5-13-17(22)15(24-18(10)13)8-11-3-2-4-12(19)7-11/h2-8H,9H2,1H3,(H2,20,21)/b15-8-. The SMILES string of the molecule is Cc1c(OCC(N)=O)ccc2c1O/C(=C\c1cccc(Br)c1)C2=O. The van der Waals surface area contributed by atoms with Crippen molar-refractivity contribution in [2.45, 2.75) is 6.92 Å². The number of rotatable bonds is 4. The minimum absolute atomic E-state index is 0.186. The summed E-state index contributed by atoms with van der Waals surface area (Å²) in [4.78, 5) is 23.3. The van der Waals surface area contributed by atoms with E-state index in [0.29, 0.717) is 22.6 Å². The van der Waals surface area contributed by atoms with Crippen molar-refractivity contribution < 1.29 is 19.1 Å². The van der Waals surface area contributed by atoms with Crippen LogP contribution in [0.3, 0.4) is 0 Å². The molecule has 1 aliphatic heterocycles. The Hall–Kier alpha value is -2.60. The second kappa shape index (κ2) is 6.49. The van der Waals surface area contributed by atoms with Crippen molar-refractivity contribution in [1.29, 1.82) is 0 Å². The first-order valence-corrected chi connectivity index (χ1v) is 7.99. The van der Waals surface area contributed by atoms with Crippen LogP contribution in [0.4, 0.5) is 0 Å². The number of nitrogens with two attached hydrogens (primary N) is 1. The van der Waals surface area contributed by atoms with Crippen LogP contribution in [-0.2, 0) is 4.79 Å². The van der Waals surface area contributed by atoms with Gasteiger partial charge in [0.05, 0.1) is 5.56 Å². The summed E-state index contributed by atoms with van der Waals surface area (Å²) < 4.78 is 12.0. The predicted octanol–water partition coefficient (Wildman–Crippen LogP) is 3.24. The van der Waals surface area contributed by atoms with Gasteiger partial charge in [0.2, 0.25) is 5.78 Å². The fraction of sp³-hybridized carbons (Fsp3) is 0.111. The number of ether oxygens (including phenoxy) is 2. The van der Waals surface area contributed by atoms with E-state index in [9.17, 15) is 9.59 Å². The van der Waals surface area contributed by atoms with Gasteiger partial charge in [0.25, 0.3) is 5.91 Å². The van der Waals surface area contributed by atoms with Crippen LogP contribution in [0.15, 0.2) is 46.6 Å². The molecule has 0 radical (unpaired) electrons. The maximum Gasteiger partial charge on any atom is 0.255 e. The lowest BCUT2D eigenvalue weighted by molar-refractivity contribution is -0.119. The Morgan fingerprint density at radius 1 is 1.33 bits per heavy atom. The van der Waals surface area contributed by atoms with Gasteiger partial charge in [-0.05, 0) is 42.8 Å². The average Bonchev–Trinajstić information content (AvgIpc) is 2.84. The zero-order valence-electron chi connectivity index (χ0n) is 12.8. The molecule has 3 rings (SSSR count). The van der Waals surface area contributed by atoms with Gasteiger partial charge in [-0.1, -0.05) is 28.1 Å². The van der Waals surface area contributed by atoms with E-state index in [2.05, 4.69) is 15.9 Å². The lowest BCUT2D eigenvalue weighted by Crippen LogP contribution is -2.20. The van der Waals surface area contributed by atoms with E-state index < -0.39 is 5.91 Å². The predicted molar refractivity (Wildman–Crippen MR) is 92.9 cm³/mol. The number of fused-ring (bicyclic) bond motifs is 1. The molecule has 0 fully saturated rings. The summed E-state index contributed by atoms with van der Waals surface area (Å²) in [6.07, 6.45) is 1.69. The molecule has 0 aromatic heterocycles. The zero-order valence-corrected chi connectivity index (χ0v) is 14.4. The third kappa shape index (κ3) is 3.19. The second-order valence-electron chi connectivity index (χ2n) is 5.32. The molecular formula is C18H14BrNO4. The normalized spacial score (nSPS) is 14.4. The number of Topliss-reactive ketones (excluding diaryl/α,β-unsaturated/α-hetero) is 1. The number of benzene rings is 2. The first kappa shape index (κ1) is 16.3. The van der Waals surface area contributed by atoms with E-state index >= 15 is 0 Å². The van der Waals surface area contributed by atoms with Gasteiger partial charge in [-0.15, -0.1) is 0 Å². The van der Waals surface area contributed by atoms with Crippen LogP contribution >= 0.6 is 15.9 Å². The summed E-state index contributed by atoms with van der Waals surface area (Å²) in [5, 5.41) is 0. The van der Waals surface area contributed by atoms with Gasteiger partial charge in [0, 0.05) is 10.0 Å². The molecule has 1 heterocycles. The molecule has 122 valence electrons. The molecule has 5 nitrogen and oxygen atoms in total. The van der Waals surface area contributed by atoms with Gasteiger partial charge < -0.3 is 15.2 Å². The van der Waals surface area contributed by atoms with Crippen molar-refractivity contribution in [2.24, 2.45) is 5.73 Å². The molecule has 1 aliphatic rings. The molecular weight excluding hydrogens is 374 g/mol. The number of carbonyl (C=O) groups is 2. The smallest absolute Gasteiger partial charge is 0.255 e. The van der Waals surface area contributed by atoms with Gasteiger partial charge in [0.15, 0.2) is 12.4 Å². The molecule has 0 saturated heterocycles. The van der Waals surface area contributed by atoms with Crippen LogP contribution in [0.5, 0.6) is 11.5 Å². The monoisotopic (exact) mass is 387 g/mol. The van der Waals surface area contributed by atoms with Crippen molar-refractivity contribution in [3.05, 3.63) is 63.3 Å². The van der Waals surface area contributed by atoms with Crippen molar-refractivity contribution in [1.82, 2.24) is 0 Å². The zero-order chi connectivity index (χ0) is 17.3. The molecule has 6 heteroatoms. The highest BCUT2D eigenvalue weighted by atomic mass is 79.9. The minimum Gasteiger partial charge on any atom is -0.483 e. The van der Waals surface area contributed by atoms with Crippen molar-refractivity contribution in [3.63, 3.8) is 0 Å². The second-order valence-corrected chi connectivity index (χ2v) is 6.23. The number of hydrogen-bond acceptors (Lipinski definition) is 4. The van der Waals surface area contributed by atoms with Crippen LogP contribution in [0.2, 0.25) is 0 Å². The van der Waals surface area contributed by atoms with E-state index in [-0.39, 0.29) is 18.1 Å². The maximum atomic E-state index is 12.5. The number of primary amides is 1. The molecule has 1 amide bonds. The van der Waals surface area contributed by atoms with Gasteiger partial charge in [-0.25, -0.2) is 0 Å². The van der Waals surface area contributed by atoms with E-state index in [4.69, 9.17) is 15.2 Å². The van der Waals surface area contributed by atoms with Gasteiger partial charge in [0.1, 0.15) is 11.5 Å². The molecule has 0 bridgehead atoms. The van der Waals surface area contributed by atoms with Crippen molar-refractivity contribution >= 4 is 33.7 Å². The van der Waals surface area contributed by atoms with Crippen LogP contribution in [0.25, 0.3) is 6.08 Å². The largest absolute Gasteiger partial charge is 0.483 e. The van der Waals surface area contributed by atoms with Gasteiger partial charge >= 0.3 is 0 Å². The number of halogens is 1. The Morgan fingerprint density at radius 2 is 2.12 bits per heavy atom. The lowest BCUT2D eigenvalue weighted by atomic mass is 10.1. The topological polar surface area (TPSA) is 78.6 Å². The number of allylic oxidation sites excluding steroid dienone is 1. The average molecular weight is 388 g/mol. The van der Waals surface area contributed by atoms with E-state index in [1.54, 1.807) is 25.1 Å². The summed E-state index contributed by atoms with van der Waals surface area (Å²) in [5.74, 6) is 0.405. The first-order chi connectivity index (χ1) is 11.5. The summed E-state index contributed by atoms with van der Waals surface area (Å²) in [6, 6.07) is 10.8. The molecule has 2 aromatic rings. The maximum absolute atomic E-state index is 12.5. The highest BCUT2D eigenvalue weighted by Gasteiger charge is 2.30. The fourth-order valence-corrected chi connectivity index (χ4v) is 2.84. The van der Waals surface area contributed by atoms with Gasteiger partial charge in [-0.2, -0.15) is 0 Å². The summed E-state index contributed by atoms with van der Waals surface area (Å²) in [5.41, 5.74) is 7.06. The van der Waals surface area contributed by atoms with Crippen molar-refractivity contribution in [2.75, 3.05) is 6.61 Å². The highest BCUT2D eigenvalue weighted by molar-refractivity contribution is 9.10. The molecule has 0 spiro atoms. The molecule has 0 atom stereocenters. The minimum atomic E-state index is -0.567. The highest BCUT2D eigenvalue weighted by Crippen LogP contribution is 2.39. The van der Waals surface area contributed by atoms with E-state index in [1.807, 2.05) is 24.3 Å². The van der Waals surface area contributed by atoms with Crippen molar-refractivity contribution in [3.8, 4) is 11.5 Å². The Balaban J connectivity index is 1.92. The Kier molecular flexibility index (Phi) is 4.40. The van der Waals surface area contributed by atoms with E-state index in [0.717, 1.165) is 10.0 Å². The third-order valence-corrected chi connectivity index (χ3v) is 4.05. The Morgan fingerprint density at radius 3 is 2.83 bits per heavy atom. The number of carbonyl (C=O) groups excluding carboxylic acids is 2. The quantitative estimate of drug-likeness (QED) is 0.816. The number of ketones is 1. The molecule has 0 unspecified atom stereocenters. The number of hydrogen-bond donors (Lipinski definition) is 1. The molecule has 24 heavy (non-hydrogen) atoms. The Labute approximate surface area is 147 Å². The van der Waals surface area contributed by atoms with Crippen LogP contribution in [0, 0.1) is 6.92 Å². The Bertz CT molecular complexity index is 873. The summed E-state index contributed by atoms with van der Waals surface area (Å²) in [7, 11) is 0. The van der Waals surface area contributed by atoms with Crippen LogP contribution in [-0.4, -0.2) is 18.3 Å². The molecule has 2 N–H and O–H groups in total. The molecule has 0 saturated carbocycles. The summed E-state index contributed by atoms with van der Waals surface area (Å²) >= 11 is 3.40. The fourth-order valence-electron chi connectivity index (χ4n) is 2.42. The number of amides is 1. The van der Waals surface area contributed by atoms with Crippen LogP contribution in [0.1, 0.15) is 21.5 Å². The summed E-state index contributed by atoms with van der Waals surface area (Å²) in [6.45, 7) is 1.54. The third-order valence-electron chi connectivity index (χ3n) is 3.55. The van der Waals surface area contributed by atoms with E-state index in [1.165, 1.54) is 0 Å². The lowest BCUT2D eigenvalue weighted by Gasteiger charge is -2.09.